The third-order valence-electron chi connectivity index (χ3n) is 5.49. The number of Topliss-reactive ketones (excluding diaryl/α,β-unsaturated/α-hetero) is 1. The van der Waals surface area contributed by atoms with E-state index in [0.29, 0.717) is 5.56 Å². The topological polar surface area (TPSA) is 95.4 Å². The fraction of sp³-hybridized carbons (Fsp3) is 0.227. The van der Waals surface area contributed by atoms with Crippen LogP contribution in [0.1, 0.15) is 44.7 Å². The zero-order valence-electron chi connectivity index (χ0n) is 16.0. The third kappa shape index (κ3) is 3.00. The van der Waals surface area contributed by atoms with Crippen molar-refractivity contribution in [1.29, 1.82) is 0 Å². The van der Waals surface area contributed by atoms with Gasteiger partial charge in [-0.05, 0) is 24.2 Å². The number of hydrogen-bond acceptors (Lipinski definition) is 6. The van der Waals surface area contributed by atoms with Crippen molar-refractivity contribution in [2.24, 2.45) is 9.98 Å². The second-order valence-electron chi connectivity index (χ2n) is 7.25. The summed E-state index contributed by atoms with van der Waals surface area (Å²) in [6.07, 6.45) is 3.45. The van der Waals surface area contributed by atoms with Gasteiger partial charge in [0.05, 0.1) is 17.3 Å². The second-order valence-corrected chi connectivity index (χ2v) is 7.25. The Kier molecular flexibility index (Phi) is 4.37. The van der Waals surface area contributed by atoms with Gasteiger partial charge < -0.3 is 5.32 Å². The number of H-pyrrole nitrogens is 1. The van der Waals surface area contributed by atoms with Crippen molar-refractivity contribution in [2.75, 3.05) is 13.6 Å². The molecule has 29 heavy (non-hydrogen) atoms. The lowest BCUT2D eigenvalue weighted by molar-refractivity contribution is 0.1000. The number of aromatic nitrogens is 3. The molecule has 2 N–H and O–H groups in total. The van der Waals surface area contributed by atoms with Crippen molar-refractivity contribution in [3.63, 3.8) is 0 Å². The van der Waals surface area contributed by atoms with Gasteiger partial charge in [-0.2, -0.15) is 5.10 Å². The van der Waals surface area contributed by atoms with Gasteiger partial charge in [-0.25, -0.2) is 4.98 Å². The number of benzene rings is 2. The lowest BCUT2D eigenvalue weighted by atomic mass is 9.79. The fourth-order valence-electron chi connectivity index (χ4n) is 4.15. The van der Waals surface area contributed by atoms with E-state index in [1.807, 2.05) is 31.5 Å². The predicted octanol–water partition coefficient (Wildman–Crippen LogP) is 2.79. The van der Waals surface area contributed by atoms with Crippen LogP contribution in [0.15, 0.2) is 58.8 Å². The average Bonchev–Trinajstić information content (AvgIpc) is 3.22. The van der Waals surface area contributed by atoms with E-state index in [1.165, 1.54) is 11.9 Å². The zero-order chi connectivity index (χ0) is 19.8. The van der Waals surface area contributed by atoms with E-state index in [-0.39, 0.29) is 24.2 Å². The normalized spacial score (nSPS) is 20.2. The molecule has 2 aromatic carbocycles. The van der Waals surface area contributed by atoms with Gasteiger partial charge in [-0.3, -0.25) is 19.9 Å². The highest BCUT2D eigenvalue weighted by Crippen LogP contribution is 2.41. The summed E-state index contributed by atoms with van der Waals surface area (Å²) in [6, 6.07) is 14.1. The van der Waals surface area contributed by atoms with Crippen LogP contribution in [0.4, 0.5) is 5.69 Å². The molecule has 5 rings (SSSR count). The molecule has 3 heterocycles. The van der Waals surface area contributed by atoms with Crippen LogP contribution >= 0.6 is 0 Å². The number of carbonyl (C=O) groups is 1. The maximum absolute atomic E-state index is 12.5. The highest BCUT2D eigenvalue weighted by molar-refractivity contribution is 6.21. The summed E-state index contributed by atoms with van der Waals surface area (Å²) in [5.41, 5.74) is 5.44. The van der Waals surface area contributed by atoms with Crippen LogP contribution in [0, 0.1) is 0 Å². The van der Waals surface area contributed by atoms with Gasteiger partial charge in [0.2, 0.25) is 0 Å². The number of nitrogens with one attached hydrogen (secondary N) is 2. The molecule has 144 valence electrons. The zero-order valence-corrected chi connectivity index (χ0v) is 16.0. The third-order valence-corrected chi connectivity index (χ3v) is 5.49. The molecule has 7 nitrogen and oxygen atoms in total. The highest BCUT2D eigenvalue weighted by Gasteiger charge is 2.38. The Hall–Kier alpha value is -3.45. The summed E-state index contributed by atoms with van der Waals surface area (Å²) in [5, 5.41) is 10.3. The van der Waals surface area contributed by atoms with Gasteiger partial charge in [0, 0.05) is 29.8 Å². The number of hydrogen-bond donors (Lipinski definition) is 2. The van der Waals surface area contributed by atoms with Crippen molar-refractivity contribution >= 4 is 23.4 Å². The van der Waals surface area contributed by atoms with Gasteiger partial charge in [-0.15, -0.1) is 0 Å². The summed E-state index contributed by atoms with van der Waals surface area (Å²) in [7, 11) is 1.93. The summed E-state index contributed by atoms with van der Waals surface area (Å²) in [4.78, 5) is 26.4. The number of nitrogens with zero attached hydrogens (tertiary/aromatic N) is 4. The van der Waals surface area contributed by atoms with E-state index in [0.717, 1.165) is 34.9 Å². The van der Waals surface area contributed by atoms with E-state index in [1.54, 1.807) is 0 Å². The van der Waals surface area contributed by atoms with Crippen LogP contribution in [0.25, 0.3) is 0 Å². The molecular weight excluding hydrogens is 364 g/mol. The smallest absolute Gasteiger partial charge is 0.184 e. The van der Waals surface area contributed by atoms with E-state index in [9.17, 15) is 4.79 Å². The Morgan fingerprint density at radius 2 is 2.03 bits per heavy atom. The summed E-state index contributed by atoms with van der Waals surface area (Å²) < 4.78 is 0. The first-order valence-corrected chi connectivity index (χ1v) is 9.60. The molecule has 2 aliphatic rings. The van der Waals surface area contributed by atoms with Crippen LogP contribution in [0.3, 0.4) is 0 Å². The maximum Gasteiger partial charge on any atom is 0.184 e. The predicted molar refractivity (Wildman–Crippen MR) is 111 cm³/mol. The van der Waals surface area contributed by atoms with E-state index in [2.05, 4.69) is 44.8 Å². The molecule has 1 aromatic heterocycles. The van der Waals surface area contributed by atoms with Crippen LogP contribution in [-0.4, -0.2) is 46.5 Å². The Morgan fingerprint density at radius 3 is 2.79 bits per heavy atom. The summed E-state index contributed by atoms with van der Waals surface area (Å²) >= 11 is 0. The maximum atomic E-state index is 12.5. The molecule has 2 atom stereocenters. The molecule has 0 saturated carbocycles. The first-order valence-electron chi connectivity index (χ1n) is 9.60. The second kappa shape index (κ2) is 7.18. The molecule has 0 amide bonds. The number of rotatable bonds is 4. The summed E-state index contributed by atoms with van der Waals surface area (Å²) in [6.45, 7) is 0.957. The van der Waals surface area contributed by atoms with Gasteiger partial charge in [-0.1, -0.05) is 36.4 Å². The molecule has 0 saturated heterocycles. The molecule has 0 bridgehead atoms. The van der Waals surface area contributed by atoms with Crippen molar-refractivity contribution in [2.45, 2.75) is 18.4 Å². The fourth-order valence-corrected chi connectivity index (χ4v) is 4.15. The molecule has 0 aliphatic carbocycles. The first kappa shape index (κ1) is 17.6. The Balaban J connectivity index is 1.68. The molecule has 3 aromatic rings. The lowest BCUT2D eigenvalue weighted by Gasteiger charge is -2.26. The van der Waals surface area contributed by atoms with Crippen molar-refractivity contribution in [1.82, 2.24) is 20.5 Å². The lowest BCUT2D eigenvalue weighted by Crippen LogP contribution is -2.28. The van der Waals surface area contributed by atoms with Gasteiger partial charge in [0.25, 0.3) is 0 Å². The number of aliphatic imine (C=N–C) groups is 2. The van der Waals surface area contributed by atoms with Crippen LogP contribution < -0.4 is 5.32 Å². The summed E-state index contributed by atoms with van der Waals surface area (Å²) in [5.74, 6) is 0.453. The monoisotopic (exact) mass is 384 g/mol. The van der Waals surface area contributed by atoms with Gasteiger partial charge in [0.1, 0.15) is 18.7 Å². The van der Waals surface area contributed by atoms with Crippen LogP contribution in [-0.2, 0) is 6.54 Å². The largest absolute Gasteiger partial charge is 0.316 e. The molecule has 0 spiro atoms. The SMILES string of the molecule is CNCc1ccc(C2C=Nc3cccc4c3C(=NCC4=O)C2c2ncn[nH]2)cc1. The highest BCUT2D eigenvalue weighted by atomic mass is 16.1. The molecular formula is C22H20N6O. The first-order chi connectivity index (χ1) is 14.3. The Morgan fingerprint density at radius 1 is 1.17 bits per heavy atom. The number of ketones is 1. The van der Waals surface area contributed by atoms with Crippen LogP contribution in [0.5, 0.6) is 0 Å². The van der Waals surface area contributed by atoms with Crippen molar-refractivity contribution in [3.05, 3.63) is 76.9 Å². The van der Waals surface area contributed by atoms with Gasteiger partial charge >= 0.3 is 0 Å². The average molecular weight is 384 g/mol. The van der Waals surface area contributed by atoms with Crippen LogP contribution in [0.2, 0.25) is 0 Å². The van der Waals surface area contributed by atoms with E-state index in [4.69, 9.17) is 9.98 Å². The van der Waals surface area contributed by atoms with Gasteiger partial charge in [0.15, 0.2) is 5.78 Å². The number of carbonyl (C=O) groups excluding carboxylic acids is 1. The molecule has 0 radical (unpaired) electrons. The van der Waals surface area contributed by atoms with E-state index >= 15 is 0 Å². The quantitative estimate of drug-likeness (QED) is 0.723. The minimum absolute atomic E-state index is 0.0204. The molecule has 2 unspecified atom stereocenters. The number of aromatic amines is 1. The standard InChI is InChI=1S/C22H20N6O/c1-23-9-13-5-7-14(8-6-13)16-10-24-17-4-2-3-15-18(29)11-25-21(19(15)17)20(16)22-26-12-27-28-22/h2-8,10,12,16,20,23H,9,11H2,1H3,(H,26,27,28). The minimum atomic E-state index is -0.202. The van der Waals surface area contributed by atoms with Crippen molar-refractivity contribution in [3.8, 4) is 0 Å². The Bertz CT molecular complexity index is 1110. The Labute approximate surface area is 168 Å². The molecule has 0 fully saturated rings. The minimum Gasteiger partial charge on any atom is -0.316 e. The van der Waals surface area contributed by atoms with E-state index < -0.39 is 0 Å². The molecule has 2 aliphatic heterocycles. The molecule has 7 heteroatoms. The van der Waals surface area contributed by atoms with Crippen molar-refractivity contribution < 1.29 is 4.79 Å².